The van der Waals surface area contributed by atoms with Gasteiger partial charge >= 0.3 is 0 Å². The van der Waals surface area contributed by atoms with E-state index in [0.29, 0.717) is 5.88 Å². The SMILES string of the molecule is ClCc1cccc(CNCc2cc(Cl)cc3c2OCC3)c1. The zero-order valence-electron chi connectivity index (χ0n) is 11.7. The van der Waals surface area contributed by atoms with Gasteiger partial charge in [0.1, 0.15) is 5.75 Å². The predicted octanol–water partition coefficient (Wildman–Crippen LogP) is 4.30. The molecule has 1 N–H and O–H groups in total. The quantitative estimate of drug-likeness (QED) is 0.829. The summed E-state index contributed by atoms with van der Waals surface area (Å²) >= 11 is 12.0. The van der Waals surface area contributed by atoms with Crippen molar-refractivity contribution in [2.75, 3.05) is 6.61 Å². The normalized spacial score (nSPS) is 13.0. The Balaban J connectivity index is 1.65. The average molecular weight is 322 g/mol. The Morgan fingerprint density at radius 2 is 1.95 bits per heavy atom. The van der Waals surface area contributed by atoms with Gasteiger partial charge < -0.3 is 10.1 Å². The van der Waals surface area contributed by atoms with Crippen LogP contribution in [0.5, 0.6) is 5.75 Å². The fourth-order valence-electron chi connectivity index (χ4n) is 2.64. The van der Waals surface area contributed by atoms with Crippen LogP contribution >= 0.6 is 23.2 Å². The Bertz CT molecular complexity index is 643. The van der Waals surface area contributed by atoms with Gasteiger partial charge in [-0.1, -0.05) is 35.9 Å². The highest BCUT2D eigenvalue weighted by Gasteiger charge is 2.17. The molecule has 0 fully saturated rings. The molecule has 0 saturated carbocycles. The summed E-state index contributed by atoms with van der Waals surface area (Å²) in [6.45, 7) is 2.29. The van der Waals surface area contributed by atoms with Crippen LogP contribution in [0.15, 0.2) is 36.4 Å². The lowest BCUT2D eigenvalue weighted by Gasteiger charge is -2.11. The summed E-state index contributed by atoms with van der Waals surface area (Å²) in [5, 5.41) is 4.22. The van der Waals surface area contributed by atoms with Gasteiger partial charge in [-0.05, 0) is 28.8 Å². The van der Waals surface area contributed by atoms with Crippen molar-refractivity contribution in [2.45, 2.75) is 25.4 Å². The van der Waals surface area contributed by atoms with E-state index in [4.69, 9.17) is 27.9 Å². The molecule has 0 aromatic heterocycles. The van der Waals surface area contributed by atoms with E-state index in [2.05, 4.69) is 17.4 Å². The summed E-state index contributed by atoms with van der Waals surface area (Å²) in [5.41, 5.74) is 4.71. The molecule has 2 aromatic carbocycles. The van der Waals surface area contributed by atoms with Gasteiger partial charge in [0, 0.05) is 36.0 Å². The van der Waals surface area contributed by atoms with Crippen LogP contribution < -0.4 is 10.1 Å². The lowest BCUT2D eigenvalue weighted by Crippen LogP contribution is -2.13. The summed E-state index contributed by atoms with van der Waals surface area (Å²) in [7, 11) is 0. The maximum Gasteiger partial charge on any atom is 0.127 e. The molecule has 0 unspecified atom stereocenters. The molecule has 2 nitrogen and oxygen atoms in total. The molecule has 110 valence electrons. The van der Waals surface area contributed by atoms with Crippen molar-refractivity contribution >= 4 is 23.2 Å². The van der Waals surface area contributed by atoms with Crippen molar-refractivity contribution in [1.29, 1.82) is 0 Å². The number of ether oxygens (including phenoxy) is 1. The molecule has 4 heteroatoms. The van der Waals surface area contributed by atoms with Crippen molar-refractivity contribution in [2.24, 2.45) is 0 Å². The van der Waals surface area contributed by atoms with E-state index in [-0.39, 0.29) is 0 Å². The van der Waals surface area contributed by atoms with Crippen molar-refractivity contribution < 1.29 is 4.74 Å². The van der Waals surface area contributed by atoms with Crippen LogP contribution in [0.4, 0.5) is 0 Å². The van der Waals surface area contributed by atoms with Crippen molar-refractivity contribution in [3.8, 4) is 5.75 Å². The second kappa shape index (κ2) is 6.69. The molecule has 21 heavy (non-hydrogen) atoms. The molecule has 0 radical (unpaired) electrons. The number of nitrogens with one attached hydrogen (secondary N) is 1. The minimum absolute atomic E-state index is 0.545. The minimum atomic E-state index is 0.545. The number of hydrogen-bond acceptors (Lipinski definition) is 2. The molecule has 0 atom stereocenters. The second-order valence-electron chi connectivity index (χ2n) is 5.21. The topological polar surface area (TPSA) is 21.3 Å². The molecule has 0 aliphatic carbocycles. The maximum absolute atomic E-state index is 6.17. The van der Waals surface area contributed by atoms with Crippen LogP contribution in [0.2, 0.25) is 5.02 Å². The number of alkyl halides is 1. The lowest BCUT2D eigenvalue weighted by molar-refractivity contribution is 0.352. The van der Waals surface area contributed by atoms with E-state index in [1.165, 1.54) is 11.1 Å². The standard InChI is InChI=1S/C17H17Cl2NO/c18-9-12-2-1-3-13(6-12)10-20-11-15-8-16(19)7-14-4-5-21-17(14)15/h1-3,6-8,20H,4-5,9-11H2. The van der Waals surface area contributed by atoms with Gasteiger partial charge in [0.25, 0.3) is 0 Å². The first-order valence-corrected chi connectivity index (χ1v) is 7.96. The van der Waals surface area contributed by atoms with Crippen LogP contribution in [-0.2, 0) is 25.4 Å². The molecule has 0 spiro atoms. The first kappa shape index (κ1) is 14.7. The van der Waals surface area contributed by atoms with Crippen molar-refractivity contribution in [3.63, 3.8) is 0 Å². The van der Waals surface area contributed by atoms with E-state index < -0.39 is 0 Å². The Labute approximate surface area is 135 Å². The summed E-state index contributed by atoms with van der Waals surface area (Å²) in [6.07, 6.45) is 0.945. The van der Waals surface area contributed by atoms with E-state index in [1.54, 1.807) is 0 Å². The average Bonchev–Trinajstić information content (AvgIpc) is 2.95. The highest BCUT2D eigenvalue weighted by Crippen LogP contribution is 2.32. The van der Waals surface area contributed by atoms with E-state index in [9.17, 15) is 0 Å². The van der Waals surface area contributed by atoms with Gasteiger partial charge in [-0.25, -0.2) is 0 Å². The predicted molar refractivity (Wildman–Crippen MR) is 87.2 cm³/mol. The van der Waals surface area contributed by atoms with Crippen LogP contribution in [0.1, 0.15) is 22.3 Å². The van der Waals surface area contributed by atoms with Gasteiger partial charge in [-0.3, -0.25) is 0 Å². The van der Waals surface area contributed by atoms with Crippen LogP contribution in [0.25, 0.3) is 0 Å². The zero-order chi connectivity index (χ0) is 14.7. The Hall–Kier alpha value is -1.22. The van der Waals surface area contributed by atoms with Gasteiger partial charge in [0.15, 0.2) is 0 Å². The number of benzene rings is 2. The number of fused-ring (bicyclic) bond motifs is 1. The molecule has 0 amide bonds. The third-order valence-electron chi connectivity index (χ3n) is 3.62. The maximum atomic E-state index is 6.17. The fraction of sp³-hybridized carbons (Fsp3) is 0.294. The molecule has 1 aliphatic rings. The van der Waals surface area contributed by atoms with E-state index in [0.717, 1.165) is 48.0 Å². The zero-order valence-corrected chi connectivity index (χ0v) is 13.2. The number of hydrogen-bond donors (Lipinski definition) is 1. The van der Waals surface area contributed by atoms with Gasteiger partial charge in [0.2, 0.25) is 0 Å². The Morgan fingerprint density at radius 3 is 2.81 bits per heavy atom. The number of rotatable bonds is 5. The Morgan fingerprint density at radius 1 is 1.10 bits per heavy atom. The summed E-state index contributed by atoms with van der Waals surface area (Å²) < 4.78 is 5.71. The monoisotopic (exact) mass is 321 g/mol. The molecule has 2 aromatic rings. The molecule has 0 saturated heterocycles. The van der Waals surface area contributed by atoms with Crippen LogP contribution in [-0.4, -0.2) is 6.61 Å². The van der Waals surface area contributed by atoms with Crippen LogP contribution in [0, 0.1) is 0 Å². The van der Waals surface area contributed by atoms with Gasteiger partial charge in [0.05, 0.1) is 6.61 Å². The Kier molecular flexibility index (Phi) is 4.69. The third-order valence-corrected chi connectivity index (χ3v) is 4.14. The smallest absolute Gasteiger partial charge is 0.127 e. The molecule has 0 bridgehead atoms. The summed E-state index contributed by atoms with van der Waals surface area (Å²) in [5.74, 6) is 1.55. The van der Waals surface area contributed by atoms with E-state index in [1.807, 2.05) is 24.3 Å². The number of halogens is 2. The van der Waals surface area contributed by atoms with E-state index >= 15 is 0 Å². The minimum Gasteiger partial charge on any atom is -0.493 e. The molecular formula is C17H17Cl2NO. The fourth-order valence-corrected chi connectivity index (χ4v) is 3.07. The van der Waals surface area contributed by atoms with Gasteiger partial charge in [-0.2, -0.15) is 0 Å². The van der Waals surface area contributed by atoms with Gasteiger partial charge in [-0.15, -0.1) is 11.6 Å². The molecule has 1 aliphatic heterocycles. The van der Waals surface area contributed by atoms with Crippen molar-refractivity contribution in [1.82, 2.24) is 5.32 Å². The highest BCUT2D eigenvalue weighted by molar-refractivity contribution is 6.30. The first-order chi connectivity index (χ1) is 10.3. The lowest BCUT2D eigenvalue weighted by atomic mass is 10.1. The molecular weight excluding hydrogens is 305 g/mol. The summed E-state index contributed by atoms with van der Waals surface area (Å²) in [6, 6.07) is 12.3. The molecule has 1 heterocycles. The van der Waals surface area contributed by atoms with Crippen molar-refractivity contribution in [3.05, 3.63) is 63.7 Å². The summed E-state index contributed by atoms with van der Waals surface area (Å²) in [4.78, 5) is 0. The first-order valence-electron chi connectivity index (χ1n) is 7.05. The highest BCUT2D eigenvalue weighted by atomic mass is 35.5. The largest absolute Gasteiger partial charge is 0.493 e. The third kappa shape index (κ3) is 3.52. The molecule has 3 rings (SSSR count). The second-order valence-corrected chi connectivity index (χ2v) is 5.91. The van der Waals surface area contributed by atoms with Crippen LogP contribution in [0.3, 0.4) is 0 Å².